The van der Waals surface area contributed by atoms with Crippen molar-refractivity contribution in [2.75, 3.05) is 5.75 Å². The Morgan fingerprint density at radius 2 is 1.41 bits per heavy atom. The van der Waals surface area contributed by atoms with Crippen molar-refractivity contribution in [3.8, 4) is 0 Å². The van der Waals surface area contributed by atoms with E-state index >= 15 is 0 Å². The zero-order valence-electron chi connectivity index (χ0n) is 16.2. The molecule has 0 aromatic rings. The van der Waals surface area contributed by atoms with Gasteiger partial charge in [-0.3, -0.25) is 24.0 Å². The monoisotopic (exact) mass is 436 g/mol. The number of Topliss-reactive ketones (excluding diaryl/α,β-unsaturated/α-hetero) is 4. The number of hydrogen-bond acceptors (Lipinski definition) is 11. The van der Waals surface area contributed by atoms with Gasteiger partial charge in [-0.25, -0.2) is 0 Å². The zero-order chi connectivity index (χ0) is 22.9. The molecule has 1 aliphatic rings. The summed E-state index contributed by atoms with van der Waals surface area (Å²) in [6, 6.07) is 0. The number of rotatable bonds is 9. The van der Waals surface area contributed by atoms with E-state index in [2.05, 4.69) is 0 Å². The van der Waals surface area contributed by atoms with Gasteiger partial charge in [0.2, 0.25) is 5.60 Å². The average Bonchev–Trinajstić information content (AvgIpc) is 2.59. The fraction of sp³-hybridized carbons (Fsp3) is 0.706. The highest BCUT2D eigenvalue weighted by Crippen LogP contribution is 2.50. The van der Waals surface area contributed by atoms with Gasteiger partial charge in [-0.1, -0.05) is 0 Å². The lowest BCUT2D eigenvalue weighted by atomic mass is 9.60. The summed E-state index contributed by atoms with van der Waals surface area (Å²) in [5.41, 5.74) is -12.0. The molecular weight excluding hydrogens is 412 g/mol. The molecule has 11 nitrogen and oxygen atoms in total. The van der Waals surface area contributed by atoms with E-state index in [1.807, 2.05) is 0 Å². The first kappa shape index (κ1) is 25.3. The smallest absolute Gasteiger partial charge is 0.304 e. The van der Waals surface area contributed by atoms with Gasteiger partial charge in [0.25, 0.3) is 0 Å². The molecule has 6 atom stereocenters. The van der Waals surface area contributed by atoms with E-state index in [4.69, 9.17) is 9.84 Å². The normalized spacial score (nSPS) is 35.6. The Bertz CT molecular complexity index is 737. The number of hydrogen-bond donors (Lipinski definition) is 5. The number of carboxylic acid groups (broad SMARTS) is 1. The van der Waals surface area contributed by atoms with Crippen LogP contribution in [0.3, 0.4) is 0 Å². The molecule has 0 bridgehead atoms. The van der Waals surface area contributed by atoms with Crippen molar-refractivity contribution < 1.29 is 54.2 Å². The van der Waals surface area contributed by atoms with E-state index in [0.717, 1.165) is 20.8 Å². The molecule has 1 aliphatic heterocycles. The summed E-state index contributed by atoms with van der Waals surface area (Å²) < 4.78 is 5.34. The predicted octanol–water partition coefficient (Wildman–Crippen LogP) is -2.17. The largest absolute Gasteiger partial charge is 0.481 e. The predicted molar refractivity (Wildman–Crippen MR) is 97.0 cm³/mol. The second-order valence-corrected chi connectivity index (χ2v) is 8.04. The molecule has 0 aliphatic carbocycles. The highest BCUT2D eigenvalue weighted by molar-refractivity contribution is 7.99. The highest BCUT2D eigenvalue weighted by atomic mass is 32.2. The quantitative estimate of drug-likeness (QED) is 0.263. The minimum Gasteiger partial charge on any atom is -0.481 e. The lowest BCUT2D eigenvalue weighted by Gasteiger charge is -2.58. The molecule has 1 rings (SSSR count). The second kappa shape index (κ2) is 8.58. The Balaban J connectivity index is 3.78. The van der Waals surface area contributed by atoms with E-state index < -0.39 is 70.0 Å². The Labute approximate surface area is 170 Å². The third kappa shape index (κ3) is 3.76. The molecule has 5 N–H and O–H groups in total. The summed E-state index contributed by atoms with van der Waals surface area (Å²) in [6.07, 6.45) is -4.91. The van der Waals surface area contributed by atoms with Crippen LogP contribution in [0.15, 0.2) is 0 Å². The molecule has 0 spiro atoms. The van der Waals surface area contributed by atoms with E-state index in [1.165, 1.54) is 0 Å². The molecule has 29 heavy (non-hydrogen) atoms. The summed E-state index contributed by atoms with van der Waals surface area (Å²) in [5, 5.41) is 52.3. The molecule has 0 radical (unpaired) electrons. The fourth-order valence-corrected chi connectivity index (χ4v) is 4.62. The van der Waals surface area contributed by atoms with E-state index in [1.54, 1.807) is 0 Å². The van der Waals surface area contributed by atoms with Crippen LogP contribution in [0, 0.1) is 0 Å². The Kier molecular flexibility index (Phi) is 7.49. The van der Waals surface area contributed by atoms with Gasteiger partial charge < -0.3 is 30.3 Å². The van der Waals surface area contributed by atoms with E-state index in [9.17, 15) is 44.4 Å². The van der Waals surface area contributed by atoms with Gasteiger partial charge in [-0.15, -0.1) is 11.8 Å². The number of aliphatic hydroxyl groups excluding tert-OH is 1. The summed E-state index contributed by atoms with van der Waals surface area (Å²) in [6.45, 7) is 3.07. The van der Waals surface area contributed by atoms with Crippen LogP contribution in [0.25, 0.3) is 0 Å². The molecule has 1 heterocycles. The van der Waals surface area contributed by atoms with Crippen LogP contribution in [-0.4, -0.2) is 94.8 Å². The number of ketones is 4. The first-order chi connectivity index (χ1) is 13.1. The van der Waals surface area contributed by atoms with Crippen molar-refractivity contribution in [3.63, 3.8) is 0 Å². The molecule has 1 saturated heterocycles. The number of ether oxygens (including phenoxy) is 1. The number of aliphatic carboxylic acids is 1. The van der Waals surface area contributed by atoms with Crippen molar-refractivity contribution in [2.45, 2.75) is 68.6 Å². The van der Waals surface area contributed by atoms with Crippen LogP contribution in [0.2, 0.25) is 0 Å². The van der Waals surface area contributed by atoms with E-state index in [0.29, 0.717) is 18.7 Å². The van der Waals surface area contributed by atoms with Crippen molar-refractivity contribution in [1.29, 1.82) is 0 Å². The van der Waals surface area contributed by atoms with Crippen LogP contribution in [0.5, 0.6) is 0 Å². The molecule has 0 amide bonds. The summed E-state index contributed by atoms with van der Waals surface area (Å²) in [5.74, 6) is -6.52. The van der Waals surface area contributed by atoms with Gasteiger partial charge in [0.1, 0.15) is 17.6 Å². The molecule has 1 unspecified atom stereocenters. The van der Waals surface area contributed by atoms with Crippen molar-refractivity contribution in [1.82, 2.24) is 0 Å². The van der Waals surface area contributed by atoms with Gasteiger partial charge in [0.15, 0.2) is 34.3 Å². The molecule has 0 aromatic carbocycles. The molecule has 12 heteroatoms. The molecule has 0 aromatic heterocycles. The van der Waals surface area contributed by atoms with Crippen LogP contribution < -0.4 is 0 Å². The lowest BCUT2D eigenvalue weighted by Crippen LogP contribution is -2.86. The molecular formula is C17H24O11S. The molecule has 1 fully saturated rings. The maximum atomic E-state index is 12.4. The van der Waals surface area contributed by atoms with Crippen LogP contribution in [0.1, 0.15) is 34.1 Å². The number of carbonyl (C=O) groups is 5. The van der Waals surface area contributed by atoms with E-state index in [-0.39, 0.29) is 5.75 Å². The Morgan fingerprint density at radius 3 is 1.76 bits per heavy atom. The standard InChI is InChI=1S/C17H24O11S/c1-7(18)12(24)13-15(25,8(2)19)17(27,10(4)21)16(26,9(3)20)14(28-13)29-6-5-11(22)23/h12-14,24-27H,5-6H2,1-4H3,(H,22,23)/t12?,13-,14+,15-,16-,17+/m1/s1. The third-order valence-corrected chi connectivity index (χ3v) is 6.19. The van der Waals surface area contributed by atoms with Crippen molar-refractivity contribution >= 4 is 40.9 Å². The summed E-state index contributed by atoms with van der Waals surface area (Å²) in [7, 11) is 0. The molecule has 0 saturated carbocycles. The second-order valence-electron chi connectivity index (χ2n) is 6.87. The average molecular weight is 436 g/mol. The Morgan fingerprint density at radius 1 is 0.931 bits per heavy atom. The maximum absolute atomic E-state index is 12.4. The van der Waals surface area contributed by atoms with Crippen molar-refractivity contribution in [2.24, 2.45) is 0 Å². The minimum atomic E-state index is -3.50. The number of carboxylic acids is 1. The third-order valence-electron chi connectivity index (χ3n) is 5.00. The maximum Gasteiger partial charge on any atom is 0.304 e. The number of thioether (sulfide) groups is 1. The topological polar surface area (TPSA) is 196 Å². The SMILES string of the molecule is CC(=O)C(O)[C@H]1O[C@@H](SCCC(=O)O)[C@](O)(C(C)=O)[C@](O)(C(C)=O)[C@@]1(O)C(C)=O. The summed E-state index contributed by atoms with van der Waals surface area (Å²) >= 11 is 0.495. The Hall–Kier alpha value is -1.70. The zero-order valence-corrected chi connectivity index (χ0v) is 17.1. The highest BCUT2D eigenvalue weighted by Gasteiger charge is 2.79. The van der Waals surface area contributed by atoms with Gasteiger partial charge >= 0.3 is 5.97 Å². The van der Waals surface area contributed by atoms with Gasteiger partial charge in [0.05, 0.1) is 6.42 Å². The summed E-state index contributed by atoms with van der Waals surface area (Å²) in [4.78, 5) is 59.6. The van der Waals surface area contributed by atoms with Gasteiger partial charge in [0, 0.05) is 5.75 Å². The minimum absolute atomic E-state index is 0.273. The first-order valence-electron chi connectivity index (χ1n) is 8.47. The first-order valence-corrected chi connectivity index (χ1v) is 9.52. The van der Waals surface area contributed by atoms with Gasteiger partial charge in [-0.2, -0.15) is 0 Å². The fourth-order valence-electron chi connectivity index (χ4n) is 3.34. The van der Waals surface area contributed by atoms with Crippen LogP contribution >= 0.6 is 11.8 Å². The van der Waals surface area contributed by atoms with Crippen LogP contribution in [0.4, 0.5) is 0 Å². The lowest BCUT2D eigenvalue weighted by molar-refractivity contribution is -0.311. The number of aliphatic hydroxyl groups is 4. The molecule has 164 valence electrons. The van der Waals surface area contributed by atoms with Crippen molar-refractivity contribution in [3.05, 3.63) is 0 Å². The number of carbonyl (C=O) groups excluding carboxylic acids is 4. The van der Waals surface area contributed by atoms with Crippen LogP contribution in [-0.2, 0) is 28.7 Å². The van der Waals surface area contributed by atoms with Gasteiger partial charge in [-0.05, 0) is 27.7 Å².